The first-order valence-electron chi connectivity index (χ1n) is 7.58. The molecule has 0 bridgehead atoms. The van der Waals surface area contributed by atoms with Crippen molar-refractivity contribution < 1.29 is 8.78 Å². The normalized spacial score (nSPS) is 20.0. The number of halogens is 3. The minimum Gasteiger partial charge on any atom is -0.370 e. The van der Waals surface area contributed by atoms with Crippen LogP contribution in [0.1, 0.15) is 37.7 Å². The van der Waals surface area contributed by atoms with Crippen LogP contribution >= 0.6 is 24.0 Å². The zero-order valence-corrected chi connectivity index (χ0v) is 14.8. The van der Waals surface area contributed by atoms with Gasteiger partial charge in [-0.3, -0.25) is 4.99 Å². The number of hydrogen-bond donors (Lipinski definition) is 2. The third-order valence-electron chi connectivity index (χ3n) is 4.70. The fraction of sp³-hybridized carbons (Fsp3) is 0.562. The van der Waals surface area contributed by atoms with Crippen LogP contribution in [0.4, 0.5) is 8.78 Å². The maximum Gasteiger partial charge on any atom is 0.188 e. The van der Waals surface area contributed by atoms with Crippen LogP contribution in [0.2, 0.25) is 0 Å². The first-order valence-corrected chi connectivity index (χ1v) is 7.58. The van der Waals surface area contributed by atoms with Crippen LogP contribution in [0.15, 0.2) is 23.2 Å². The van der Waals surface area contributed by atoms with Gasteiger partial charge in [-0.15, -0.1) is 24.0 Å². The second-order valence-corrected chi connectivity index (χ2v) is 6.28. The van der Waals surface area contributed by atoms with Gasteiger partial charge in [-0.2, -0.15) is 0 Å². The molecule has 0 aliphatic heterocycles. The predicted octanol–water partition coefficient (Wildman–Crippen LogP) is 3.32. The summed E-state index contributed by atoms with van der Waals surface area (Å²) in [6.45, 7) is 1.33. The molecule has 2 fully saturated rings. The lowest BCUT2D eigenvalue weighted by molar-refractivity contribution is 0.315. The van der Waals surface area contributed by atoms with E-state index in [4.69, 9.17) is 5.73 Å². The first kappa shape index (κ1) is 17.4. The van der Waals surface area contributed by atoms with Crippen molar-refractivity contribution in [2.45, 2.75) is 37.5 Å². The molecule has 6 heteroatoms. The fourth-order valence-electron chi connectivity index (χ4n) is 2.82. The van der Waals surface area contributed by atoms with Crippen LogP contribution in [0, 0.1) is 17.6 Å². The van der Waals surface area contributed by atoms with Crippen molar-refractivity contribution >= 4 is 29.9 Å². The summed E-state index contributed by atoms with van der Waals surface area (Å²) in [5.41, 5.74) is 6.13. The van der Waals surface area contributed by atoms with Crippen LogP contribution in [0.5, 0.6) is 0 Å². The van der Waals surface area contributed by atoms with Gasteiger partial charge < -0.3 is 11.1 Å². The van der Waals surface area contributed by atoms with Crippen molar-refractivity contribution in [1.29, 1.82) is 0 Å². The van der Waals surface area contributed by atoms with E-state index in [0.29, 0.717) is 24.0 Å². The molecular weight excluding hydrogens is 399 g/mol. The van der Waals surface area contributed by atoms with E-state index < -0.39 is 11.6 Å². The van der Waals surface area contributed by atoms with Crippen molar-refractivity contribution in [1.82, 2.24) is 5.32 Å². The standard InChI is InChI=1S/C16H21F2N3.HI/c17-12-4-5-13(14(18)8-12)16(6-7-16)10-21-15(19)20-9-11-2-1-3-11;/h4-5,8,11H,1-3,6-7,9-10H2,(H3,19,20,21);1H. The summed E-state index contributed by atoms with van der Waals surface area (Å²) in [7, 11) is 0. The van der Waals surface area contributed by atoms with Gasteiger partial charge in [-0.1, -0.05) is 12.5 Å². The van der Waals surface area contributed by atoms with Crippen LogP contribution in [0.3, 0.4) is 0 Å². The van der Waals surface area contributed by atoms with Gasteiger partial charge in [0.05, 0.1) is 6.54 Å². The van der Waals surface area contributed by atoms with Crippen LogP contribution in [-0.4, -0.2) is 19.0 Å². The summed E-state index contributed by atoms with van der Waals surface area (Å²) in [5, 5.41) is 3.13. The van der Waals surface area contributed by atoms with Gasteiger partial charge in [0.15, 0.2) is 5.96 Å². The molecule has 2 saturated carbocycles. The Morgan fingerprint density at radius 2 is 2.05 bits per heavy atom. The van der Waals surface area contributed by atoms with E-state index in [-0.39, 0.29) is 29.4 Å². The van der Waals surface area contributed by atoms with Crippen LogP contribution in [0.25, 0.3) is 0 Å². The number of nitrogens with two attached hydrogens (primary N) is 1. The average molecular weight is 421 g/mol. The molecule has 22 heavy (non-hydrogen) atoms. The molecule has 0 heterocycles. The van der Waals surface area contributed by atoms with Gasteiger partial charge in [-0.05, 0) is 43.2 Å². The zero-order valence-electron chi connectivity index (χ0n) is 12.4. The summed E-state index contributed by atoms with van der Waals surface area (Å²) in [5.74, 6) is 0.111. The van der Waals surface area contributed by atoms with E-state index in [1.807, 2.05) is 0 Å². The lowest BCUT2D eigenvalue weighted by Gasteiger charge is -2.25. The Kier molecular flexibility index (Phi) is 5.63. The average Bonchev–Trinajstić information content (AvgIpc) is 3.15. The molecular formula is C16H22F2IN3. The zero-order chi connectivity index (χ0) is 14.9. The Hall–Kier alpha value is -0.920. The van der Waals surface area contributed by atoms with Crippen molar-refractivity contribution in [3.05, 3.63) is 35.4 Å². The number of aliphatic imine (C=N–C) groups is 1. The molecule has 0 aromatic heterocycles. The van der Waals surface area contributed by atoms with E-state index in [1.54, 1.807) is 0 Å². The molecule has 3 N–H and O–H groups in total. The second-order valence-electron chi connectivity index (χ2n) is 6.28. The third-order valence-corrected chi connectivity index (χ3v) is 4.70. The van der Waals surface area contributed by atoms with Crippen molar-refractivity contribution in [3.8, 4) is 0 Å². The molecule has 122 valence electrons. The summed E-state index contributed by atoms with van der Waals surface area (Å²) in [6.07, 6.45) is 5.55. The third kappa shape index (κ3) is 3.88. The molecule has 0 spiro atoms. The Balaban J connectivity index is 0.00000176. The predicted molar refractivity (Wildman–Crippen MR) is 94.5 cm³/mol. The van der Waals surface area contributed by atoms with E-state index in [0.717, 1.165) is 25.5 Å². The quantitative estimate of drug-likeness (QED) is 0.436. The fourth-order valence-corrected chi connectivity index (χ4v) is 2.82. The maximum atomic E-state index is 13.9. The van der Waals surface area contributed by atoms with Gasteiger partial charge in [-0.25, -0.2) is 8.78 Å². The van der Waals surface area contributed by atoms with Crippen molar-refractivity contribution in [2.75, 3.05) is 13.1 Å². The molecule has 2 aliphatic carbocycles. The molecule has 0 amide bonds. The van der Waals surface area contributed by atoms with Gasteiger partial charge in [0.2, 0.25) is 0 Å². The highest BCUT2D eigenvalue weighted by molar-refractivity contribution is 14.0. The Morgan fingerprint density at radius 3 is 2.59 bits per heavy atom. The number of nitrogens with one attached hydrogen (secondary N) is 1. The number of hydrogen-bond acceptors (Lipinski definition) is 1. The second kappa shape index (κ2) is 7.10. The number of rotatable bonds is 5. The van der Waals surface area contributed by atoms with Gasteiger partial charge in [0.1, 0.15) is 11.6 Å². The van der Waals surface area contributed by atoms with Crippen molar-refractivity contribution in [2.24, 2.45) is 16.6 Å². The smallest absolute Gasteiger partial charge is 0.188 e. The largest absolute Gasteiger partial charge is 0.370 e. The molecule has 3 rings (SSSR count). The summed E-state index contributed by atoms with van der Waals surface area (Å²) in [4.78, 5) is 4.35. The summed E-state index contributed by atoms with van der Waals surface area (Å²) in [6, 6.07) is 3.78. The molecule has 0 unspecified atom stereocenters. The summed E-state index contributed by atoms with van der Waals surface area (Å²) >= 11 is 0. The maximum absolute atomic E-state index is 13.9. The summed E-state index contributed by atoms with van der Waals surface area (Å²) < 4.78 is 26.9. The Morgan fingerprint density at radius 1 is 1.32 bits per heavy atom. The molecule has 1 aromatic carbocycles. The number of guanidine groups is 1. The van der Waals surface area contributed by atoms with E-state index in [2.05, 4.69) is 10.3 Å². The van der Waals surface area contributed by atoms with E-state index in [9.17, 15) is 8.78 Å². The SMILES string of the molecule is I.NC(=NCC1(c2ccc(F)cc2F)CC1)NCC1CCC1. The molecule has 1 aromatic rings. The molecule has 2 aliphatic rings. The highest BCUT2D eigenvalue weighted by Crippen LogP contribution is 2.49. The highest BCUT2D eigenvalue weighted by Gasteiger charge is 2.46. The highest BCUT2D eigenvalue weighted by atomic mass is 127. The minimum absolute atomic E-state index is 0. The number of benzene rings is 1. The lowest BCUT2D eigenvalue weighted by atomic mass is 9.85. The molecule has 0 atom stereocenters. The minimum atomic E-state index is -0.544. The van der Waals surface area contributed by atoms with E-state index >= 15 is 0 Å². The first-order chi connectivity index (χ1) is 10.1. The van der Waals surface area contributed by atoms with Gasteiger partial charge >= 0.3 is 0 Å². The molecule has 0 saturated heterocycles. The van der Waals surface area contributed by atoms with Gasteiger partial charge in [0, 0.05) is 18.0 Å². The van der Waals surface area contributed by atoms with E-state index in [1.165, 1.54) is 31.4 Å². The van der Waals surface area contributed by atoms with Crippen LogP contribution < -0.4 is 11.1 Å². The molecule has 3 nitrogen and oxygen atoms in total. The molecule has 0 radical (unpaired) electrons. The topological polar surface area (TPSA) is 50.4 Å². The lowest BCUT2D eigenvalue weighted by Crippen LogP contribution is -2.37. The monoisotopic (exact) mass is 421 g/mol. The van der Waals surface area contributed by atoms with Crippen molar-refractivity contribution in [3.63, 3.8) is 0 Å². The van der Waals surface area contributed by atoms with Gasteiger partial charge in [0.25, 0.3) is 0 Å². The Labute approximate surface area is 146 Å². The van der Waals surface area contributed by atoms with Crippen LogP contribution in [-0.2, 0) is 5.41 Å². The number of nitrogens with zero attached hydrogens (tertiary/aromatic N) is 1. The Bertz CT molecular complexity index is 554.